The number of rotatable bonds is 3. The van der Waals surface area contributed by atoms with Gasteiger partial charge in [0.2, 0.25) is 0 Å². The molecule has 0 aliphatic heterocycles. The normalized spacial score (nSPS) is 10.4. The molecule has 0 fully saturated rings. The molecule has 0 atom stereocenters. The number of nitrogens with zero attached hydrogens (tertiary/aromatic N) is 1. The molecule has 0 bridgehead atoms. The van der Waals surface area contributed by atoms with Crippen LogP contribution >= 0.6 is 0 Å². The van der Waals surface area contributed by atoms with Gasteiger partial charge in [0.15, 0.2) is 0 Å². The molecule has 0 aromatic carbocycles. The molecule has 0 unspecified atom stereocenters. The van der Waals surface area contributed by atoms with Crippen molar-refractivity contribution in [2.24, 2.45) is 0 Å². The van der Waals surface area contributed by atoms with E-state index in [0.29, 0.717) is 0 Å². The second-order valence-corrected chi connectivity index (χ2v) is 1.70. The predicted molar refractivity (Wildman–Crippen MR) is 37.7 cm³/mol. The molecule has 0 aliphatic rings. The van der Waals surface area contributed by atoms with Gasteiger partial charge in [-0.15, -0.1) is 0 Å². The fraction of sp³-hybridized carbons (Fsp3) is 0.714. The topological polar surface area (TPSA) is 3.24 Å². The number of hydrogen-bond donors (Lipinski definition) is 0. The highest BCUT2D eigenvalue weighted by molar-refractivity contribution is 4.76. The first-order valence-corrected chi connectivity index (χ1v) is 3.22. The van der Waals surface area contributed by atoms with E-state index in [1.165, 1.54) is 0 Å². The zero-order valence-electron chi connectivity index (χ0n) is 6.02. The molecule has 0 N–H and O–H groups in total. The quantitative estimate of drug-likeness (QED) is 0.540. The van der Waals surface area contributed by atoms with E-state index in [2.05, 4.69) is 31.0 Å². The first kappa shape index (κ1) is 7.54. The van der Waals surface area contributed by atoms with E-state index in [1.54, 1.807) is 0 Å². The van der Waals surface area contributed by atoms with Crippen LogP contribution in [0.1, 0.15) is 20.8 Å². The highest BCUT2D eigenvalue weighted by Gasteiger charge is 1.84. The summed E-state index contributed by atoms with van der Waals surface area (Å²) in [5.41, 5.74) is 0. The van der Waals surface area contributed by atoms with Gasteiger partial charge in [0.1, 0.15) is 0 Å². The van der Waals surface area contributed by atoms with E-state index in [0.717, 1.165) is 13.1 Å². The molecule has 0 aromatic heterocycles. The maximum atomic E-state index is 2.25. The lowest BCUT2D eigenvalue weighted by Gasteiger charge is -2.13. The summed E-state index contributed by atoms with van der Waals surface area (Å²) in [6.45, 7) is 8.58. The van der Waals surface area contributed by atoms with Crippen LogP contribution in [-0.2, 0) is 0 Å². The van der Waals surface area contributed by atoms with Crippen molar-refractivity contribution in [2.45, 2.75) is 20.8 Å². The maximum Gasteiger partial charge on any atom is 0.0143 e. The van der Waals surface area contributed by atoms with Crippen LogP contribution in [0, 0.1) is 0 Å². The monoisotopic (exact) mass is 113 g/mol. The zero-order chi connectivity index (χ0) is 6.41. The van der Waals surface area contributed by atoms with Crippen molar-refractivity contribution in [2.75, 3.05) is 13.1 Å². The Morgan fingerprint density at radius 3 is 1.88 bits per heavy atom. The average molecular weight is 113 g/mol. The van der Waals surface area contributed by atoms with Gasteiger partial charge < -0.3 is 4.90 Å². The van der Waals surface area contributed by atoms with Crippen LogP contribution in [0.4, 0.5) is 0 Å². The third-order valence-electron chi connectivity index (χ3n) is 1.17. The van der Waals surface area contributed by atoms with Gasteiger partial charge in [-0.2, -0.15) is 0 Å². The number of hydrogen-bond acceptors (Lipinski definition) is 1. The lowest BCUT2D eigenvalue weighted by Crippen LogP contribution is -2.14. The Kier molecular flexibility index (Phi) is 4.42. The van der Waals surface area contributed by atoms with Gasteiger partial charge in [0.25, 0.3) is 0 Å². The molecule has 0 rings (SSSR count). The fourth-order valence-corrected chi connectivity index (χ4v) is 0.645. The summed E-state index contributed by atoms with van der Waals surface area (Å²) in [6, 6.07) is 0. The van der Waals surface area contributed by atoms with Gasteiger partial charge >= 0.3 is 0 Å². The van der Waals surface area contributed by atoms with E-state index >= 15 is 0 Å². The molecule has 0 heterocycles. The Bertz CT molecular complexity index is 62.8. The van der Waals surface area contributed by atoms with E-state index in [9.17, 15) is 0 Å². The van der Waals surface area contributed by atoms with Crippen LogP contribution in [0.3, 0.4) is 0 Å². The molecule has 0 aromatic rings. The van der Waals surface area contributed by atoms with Crippen molar-refractivity contribution in [1.82, 2.24) is 4.90 Å². The Hall–Kier alpha value is -0.460. The molecule has 0 saturated carbocycles. The van der Waals surface area contributed by atoms with Crippen molar-refractivity contribution in [3.05, 3.63) is 12.3 Å². The lowest BCUT2D eigenvalue weighted by atomic mass is 10.5. The Balaban J connectivity index is 3.36. The first-order valence-electron chi connectivity index (χ1n) is 3.22. The SMILES string of the molecule is CC=CN(CC)CC. The minimum absolute atomic E-state index is 1.11. The summed E-state index contributed by atoms with van der Waals surface area (Å²) < 4.78 is 0. The van der Waals surface area contributed by atoms with Gasteiger partial charge in [-0.1, -0.05) is 6.08 Å². The van der Waals surface area contributed by atoms with Gasteiger partial charge in [-0.3, -0.25) is 0 Å². The molecule has 0 saturated heterocycles. The van der Waals surface area contributed by atoms with Crippen molar-refractivity contribution < 1.29 is 0 Å². The van der Waals surface area contributed by atoms with Crippen molar-refractivity contribution in [3.63, 3.8) is 0 Å². The third-order valence-corrected chi connectivity index (χ3v) is 1.17. The minimum Gasteiger partial charge on any atom is -0.378 e. The third kappa shape index (κ3) is 2.67. The maximum absolute atomic E-state index is 2.25. The molecule has 1 heteroatoms. The summed E-state index contributed by atoms with van der Waals surface area (Å²) >= 11 is 0. The fourth-order valence-electron chi connectivity index (χ4n) is 0.645. The Morgan fingerprint density at radius 2 is 1.75 bits per heavy atom. The van der Waals surface area contributed by atoms with Crippen LogP contribution in [-0.4, -0.2) is 18.0 Å². The van der Waals surface area contributed by atoms with E-state index in [1.807, 2.05) is 6.92 Å². The smallest absolute Gasteiger partial charge is 0.0143 e. The van der Waals surface area contributed by atoms with Gasteiger partial charge in [-0.25, -0.2) is 0 Å². The average Bonchev–Trinajstić information content (AvgIpc) is 1.83. The molecule has 1 nitrogen and oxygen atoms in total. The van der Waals surface area contributed by atoms with E-state index < -0.39 is 0 Å². The van der Waals surface area contributed by atoms with Gasteiger partial charge in [0, 0.05) is 13.1 Å². The molecule has 0 amide bonds. The highest BCUT2D eigenvalue weighted by Crippen LogP contribution is 1.85. The van der Waals surface area contributed by atoms with E-state index in [4.69, 9.17) is 0 Å². The van der Waals surface area contributed by atoms with Crippen LogP contribution in [0.15, 0.2) is 12.3 Å². The van der Waals surface area contributed by atoms with Crippen LogP contribution in [0.5, 0.6) is 0 Å². The van der Waals surface area contributed by atoms with Gasteiger partial charge in [-0.05, 0) is 27.0 Å². The number of allylic oxidation sites excluding steroid dienone is 1. The van der Waals surface area contributed by atoms with Crippen molar-refractivity contribution in [1.29, 1.82) is 0 Å². The molecule has 8 heavy (non-hydrogen) atoms. The molecule has 0 spiro atoms. The second-order valence-electron chi connectivity index (χ2n) is 1.70. The largest absolute Gasteiger partial charge is 0.378 e. The summed E-state index contributed by atoms with van der Waals surface area (Å²) in [5, 5.41) is 0. The Labute approximate surface area is 52.0 Å². The highest BCUT2D eigenvalue weighted by atomic mass is 15.1. The summed E-state index contributed by atoms with van der Waals surface area (Å²) in [7, 11) is 0. The van der Waals surface area contributed by atoms with Crippen molar-refractivity contribution >= 4 is 0 Å². The minimum atomic E-state index is 1.11. The van der Waals surface area contributed by atoms with Gasteiger partial charge in [0.05, 0.1) is 0 Å². The first-order chi connectivity index (χ1) is 3.85. The molecule has 48 valence electrons. The molecule has 0 aliphatic carbocycles. The summed E-state index contributed by atoms with van der Waals surface area (Å²) in [4.78, 5) is 2.25. The lowest BCUT2D eigenvalue weighted by molar-refractivity contribution is 0.418. The molecular formula is C7H15N. The second kappa shape index (κ2) is 4.69. The van der Waals surface area contributed by atoms with Crippen LogP contribution in [0.25, 0.3) is 0 Å². The molecular weight excluding hydrogens is 98.1 g/mol. The standard InChI is InChI=1S/C7H15N/c1-4-7-8(5-2)6-3/h4,7H,5-6H2,1-3H3. The summed E-state index contributed by atoms with van der Waals surface area (Å²) in [5.74, 6) is 0. The zero-order valence-corrected chi connectivity index (χ0v) is 6.02. The van der Waals surface area contributed by atoms with E-state index in [-0.39, 0.29) is 0 Å². The van der Waals surface area contributed by atoms with Crippen LogP contribution < -0.4 is 0 Å². The molecule has 0 radical (unpaired) electrons. The Morgan fingerprint density at radius 1 is 1.25 bits per heavy atom. The van der Waals surface area contributed by atoms with Crippen LogP contribution in [0.2, 0.25) is 0 Å². The summed E-state index contributed by atoms with van der Waals surface area (Å²) in [6.07, 6.45) is 4.17. The predicted octanol–water partition coefficient (Wildman–Crippen LogP) is 1.86. The van der Waals surface area contributed by atoms with Crippen molar-refractivity contribution in [3.8, 4) is 0 Å².